The van der Waals surface area contributed by atoms with Crippen molar-refractivity contribution in [1.29, 1.82) is 0 Å². The minimum Gasteiger partial charge on any atom is -0.339 e. The summed E-state index contributed by atoms with van der Waals surface area (Å²) in [6, 6.07) is 8.10. The van der Waals surface area contributed by atoms with Crippen molar-refractivity contribution in [2.24, 2.45) is 0 Å². The van der Waals surface area contributed by atoms with E-state index in [0.717, 1.165) is 62.9 Å². The average Bonchev–Trinajstić information content (AvgIpc) is 3.15. The van der Waals surface area contributed by atoms with Crippen LogP contribution < -0.4 is 4.90 Å². The monoisotopic (exact) mass is 394 g/mol. The highest BCUT2D eigenvalue weighted by Crippen LogP contribution is 2.30. The van der Waals surface area contributed by atoms with Gasteiger partial charge in [-0.15, -0.1) is 0 Å². The smallest absolute Gasteiger partial charge is 0.289 e. The number of carbonyl (C=O) groups excluding carboxylic acids is 2. The fourth-order valence-corrected chi connectivity index (χ4v) is 4.42. The SMILES string of the molecule is CCCCN(C)C(=O)c1nc(C(=O)N2CCCc3ccccc32)c2n1CCCC2. The number of anilines is 1. The van der Waals surface area contributed by atoms with Crippen molar-refractivity contribution in [1.82, 2.24) is 14.5 Å². The molecule has 4 rings (SSSR count). The number of unbranched alkanes of at least 4 members (excludes halogenated alkanes) is 1. The molecule has 29 heavy (non-hydrogen) atoms. The van der Waals surface area contributed by atoms with E-state index >= 15 is 0 Å². The Morgan fingerprint density at radius 2 is 1.93 bits per heavy atom. The van der Waals surface area contributed by atoms with Crippen LogP contribution in [0.4, 0.5) is 5.69 Å². The Balaban J connectivity index is 1.69. The Morgan fingerprint density at radius 1 is 1.10 bits per heavy atom. The number of benzene rings is 1. The van der Waals surface area contributed by atoms with Gasteiger partial charge in [-0.25, -0.2) is 4.98 Å². The Bertz CT molecular complexity index is 918. The molecule has 3 heterocycles. The van der Waals surface area contributed by atoms with Crippen LogP contribution in [-0.2, 0) is 19.4 Å². The minimum atomic E-state index is -0.0836. The van der Waals surface area contributed by atoms with Crippen LogP contribution in [-0.4, -0.2) is 46.4 Å². The molecule has 0 saturated heterocycles. The number of imidazole rings is 1. The second kappa shape index (κ2) is 8.39. The lowest BCUT2D eigenvalue weighted by Crippen LogP contribution is -2.36. The van der Waals surface area contributed by atoms with Crippen LogP contribution in [0, 0.1) is 0 Å². The van der Waals surface area contributed by atoms with Crippen LogP contribution in [0.2, 0.25) is 0 Å². The molecular weight excluding hydrogens is 364 g/mol. The number of para-hydroxylation sites is 1. The van der Waals surface area contributed by atoms with E-state index in [1.807, 2.05) is 34.7 Å². The zero-order valence-electron chi connectivity index (χ0n) is 17.5. The predicted molar refractivity (Wildman–Crippen MR) is 113 cm³/mol. The summed E-state index contributed by atoms with van der Waals surface area (Å²) >= 11 is 0. The fraction of sp³-hybridized carbons (Fsp3) is 0.522. The second-order valence-electron chi connectivity index (χ2n) is 8.11. The lowest BCUT2D eigenvalue weighted by Gasteiger charge is -2.29. The molecule has 0 bridgehead atoms. The van der Waals surface area contributed by atoms with Crippen molar-refractivity contribution in [3.8, 4) is 0 Å². The number of aryl methyl sites for hydroxylation is 1. The summed E-state index contributed by atoms with van der Waals surface area (Å²) in [6.45, 7) is 4.28. The van der Waals surface area contributed by atoms with Gasteiger partial charge in [0.25, 0.3) is 11.8 Å². The first-order valence-corrected chi connectivity index (χ1v) is 10.9. The highest BCUT2D eigenvalue weighted by molar-refractivity contribution is 6.07. The summed E-state index contributed by atoms with van der Waals surface area (Å²) in [7, 11) is 1.82. The summed E-state index contributed by atoms with van der Waals surface area (Å²) in [4.78, 5) is 34.8. The van der Waals surface area contributed by atoms with E-state index in [4.69, 9.17) is 0 Å². The summed E-state index contributed by atoms with van der Waals surface area (Å²) in [5.41, 5.74) is 3.58. The van der Waals surface area contributed by atoms with Crippen LogP contribution in [0.25, 0.3) is 0 Å². The molecule has 0 aliphatic carbocycles. The van der Waals surface area contributed by atoms with Gasteiger partial charge in [-0.1, -0.05) is 31.5 Å². The van der Waals surface area contributed by atoms with Crippen molar-refractivity contribution in [3.05, 3.63) is 47.0 Å². The van der Waals surface area contributed by atoms with E-state index < -0.39 is 0 Å². The van der Waals surface area contributed by atoms with Crippen molar-refractivity contribution in [3.63, 3.8) is 0 Å². The highest BCUT2D eigenvalue weighted by Gasteiger charge is 2.32. The van der Waals surface area contributed by atoms with Crippen molar-refractivity contribution >= 4 is 17.5 Å². The number of hydrogen-bond acceptors (Lipinski definition) is 3. The first kappa shape index (κ1) is 19.7. The maximum Gasteiger partial charge on any atom is 0.289 e. The van der Waals surface area contributed by atoms with Gasteiger partial charge in [-0.2, -0.15) is 0 Å². The minimum absolute atomic E-state index is 0.0712. The van der Waals surface area contributed by atoms with Gasteiger partial charge < -0.3 is 14.4 Å². The van der Waals surface area contributed by atoms with Gasteiger partial charge in [0.05, 0.1) is 5.69 Å². The summed E-state index contributed by atoms with van der Waals surface area (Å²) in [6.07, 6.45) is 6.79. The molecule has 0 atom stereocenters. The highest BCUT2D eigenvalue weighted by atomic mass is 16.2. The third kappa shape index (κ3) is 3.68. The van der Waals surface area contributed by atoms with Gasteiger partial charge in [0.1, 0.15) is 0 Å². The van der Waals surface area contributed by atoms with E-state index in [9.17, 15) is 9.59 Å². The van der Waals surface area contributed by atoms with Crippen LogP contribution in [0.3, 0.4) is 0 Å². The summed E-state index contributed by atoms with van der Waals surface area (Å²) in [5, 5.41) is 0. The molecule has 2 aromatic rings. The van der Waals surface area contributed by atoms with E-state index in [-0.39, 0.29) is 11.8 Å². The Kier molecular flexibility index (Phi) is 5.69. The number of nitrogens with zero attached hydrogens (tertiary/aromatic N) is 4. The second-order valence-corrected chi connectivity index (χ2v) is 8.11. The molecule has 0 N–H and O–H groups in total. The summed E-state index contributed by atoms with van der Waals surface area (Å²) < 4.78 is 2.00. The molecule has 0 radical (unpaired) electrons. The molecule has 2 amide bonds. The van der Waals surface area contributed by atoms with E-state index in [2.05, 4.69) is 18.0 Å². The number of amides is 2. The number of rotatable bonds is 5. The first-order chi connectivity index (χ1) is 14.1. The third-order valence-electron chi connectivity index (χ3n) is 6.06. The lowest BCUT2D eigenvalue weighted by molar-refractivity contribution is 0.0775. The average molecular weight is 395 g/mol. The standard InChI is InChI=1S/C23H30N4O2/c1-3-4-14-25(2)23(29)21-24-20(19-13-7-8-15-26(19)21)22(28)27-16-9-11-17-10-5-6-12-18(17)27/h5-6,10,12H,3-4,7-9,11,13-16H2,1-2H3. The number of fused-ring (bicyclic) bond motifs is 2. The molecule has 2 aliphatic rings. The first-order valence-electron chi connectivity index (χ1n) is 10.9. The van der Waals surface area contributed by atoms with Crippen LogP contribution >= 0.6 is 0 Å². The molecule has 154 valence electrons. The molecule has 6 heteroatoms. The van der Waals surface area contributed by atoms with Crippen molar-refractivity contribution in [2.45, 2.75) is 58.4 Å². The molecule has 6 nitrogen and oxygen atoms in total. The molecule has 0 unspecified atom stereocenters. The van der Waals surface area contributed by atoms with Gasteiger partial charge in [0.2, 0.25) is 0 Å². The van der Waals surface area contributed by atoms with Crippen LogP contribution in [0.5, 0.6) is 0 Å². The molecular formula is C23H30N4O2. The third-order valence-corrected chi connectivity index (χ3v) is 6.06. The summed E-state index contributed by atoms with van der Waals surface area (Å²) in [5.74, 6) is 0.268. The zero-order valence-corrected chi connectivity index (χ0v) is 17.5. The fourth-order valence-electron chi connectivity index (χ4n) is 4.42. The largest absolute Gasteiger partial charge is 0.339 e. The molecule has 0 fully saturated rings. The molecule has 1 aromatic heterocycles. The maximum absolute atomic E-state index is 13.5. The molecule has 0 spiro atoms. The predicted octanol–water partition coefficient (Wildman–Crippen LogP) is 3.68. The van der Waals surface area contributed by atoms with Crippen LogP contribution in [0.15, 0.2) is 24.3 Å². The number of hydrogen-bond donors (Lipinski definition) is 0. The van der Waals surface area contributed by atoms with Gasteiger partial charge >= 0.3 is 0 Å². The van der Waals surface area contributed by atoms with Gasteiger partial charge in [-0.3, -0.25) is 9.59 Å². The van der Waals surface area contributed by atoms with Crippen molar-refractivity contribution < 1.29 is 9.59 Å². The normalized spacial score (nSPS) is 15.6. The molecule has 1 aromatic carbocycles. The zero-order chi connectivity index (χ0) is 20.4. The van der Waals surface area contributed by atoms with E-state index in [0.29, 0.717) is 24.6 Å². The Hall–Kier alpha value is -2.63. The maximum atomic E-state index is 13.5. The Labute approximate surface area is 172 Å². The lowest BCUT2D eigenvalue weighted by atomic mass is 10.0. The molecule has 0 saturated carbocycles. The quantitative estimate of drug-likeness (QED) is 0.777. The van der Waals surface area contributed by atoms with Gasteiger partial charge in [0, 0.05) is 32.4 Å². The van der Waals surface area contributed by atoms with Crippen LogP contribution in [0.1, 0.15) is 71.4 Å². The van der Waals surface area contributed by atoms with Gasteiger partial charge in [-0.05, 0) is 50.2 Å². The number of carbonyl (C=O) groups is 2. The topological polar surface area (TPSA) is 58.4 Å². The molecule has 2 aliphatic heterocycles. The number of aromatic nitrogens is 2. The Morgan fingerprint density at radius 3 is 2.76 bits per heavy atom. The van der Waals surface area contributed by atoms with Crippen molar-refractivity contribution in [2.75, 3.05) is 25.0 Å². The van der Waals surface area contributed by atoms with E-state index in [1.165, 1.54) is 5.56 Å². The van der Waals surface area contributed by atoms with Gasteiger partial charge in [0.15, 0.2) is 11.5 Å². The van der Waals surface area contributed by atoms with E-state index in [1.54, 1.807) is 4.90 Å².